The second kappa shape index (κ2) is 6.76. The summed E-state index contributed by atoms with van der Waals surface area (Å²) in [5, 5.41) is 3.04. The van der Waals surface area contributed by atoms with E-state index < -0.39 is 21.7 Å². The van der Waals surface area contributed by atoms with E-state index in [1.165, 1.54) is 0 Å². The van der Waals surface area contributed by atoms with Crippen molar-refractivity contribution in [2.45, 2.75) is 6.92 Å². The highest BCUT2D eigenvalue weighted by molar-refractivity contribution is 7.90. The molecule has 0 radical (unpaired) electrons. The number of rotatable bonds is 7. The maximum Gasteiger partial charge on any atom is 0.343 e. The van der Waals surface area contributed by atoms with Crippen molar-refractivity contribution in [2.75, 3.05) is 36.2 Å². The number of nitrogens with two attached hydrogens (primary N) is 2. The molecule has 1 amide bonds. The Morgan fingerprint density at radius 2 is 2.00 bits per heavy atom. The maximum atomic E-state index is 11.9. The molecule has 0 atom stereocenters. The van der Waals surface area contributed by atoms with Crippen LogP contribution in [0.5, 0.6) is 0 Å². The molecule has 0 unspecified atom stereocenters. The van der Waals surface area contributed by atoms with Crippen molar-refractivity contribution < 1.29 is 22.7 Å². The molecule has 0 aliphatic heterocycles. The number of carbonyl (C=O) groups is 2. The molecule has 21 heavy (non-hydrogen) atoms. The van der Waals surface area contributed by atoms with Crippen LogP contribution in [-0.4, -0.2) is 45.5 Å². The van der Waals surface area contributed by atoms with E-state index in [0.717, 1.165) is 17.6 Å². The molecule has 0 spiro atoms. The van der Waals surface area contributed by atoms with Crippen LogP contribution in [0.2, 0.25) is 0 Å². The minimum atomic E-state index is -3.15. The number of thiophene rings is 1. The Labute approximate surface area is 126 Å². The summed E-state index contributed by atoms with van der Waals surface area (Å²) in [7, 11) is -3.15. The lowest BCUT2D eigenvalue weighted by Crippen LogP contribution is -2.16. The third kappa shape index (κ3) is 4.60. The first kappa shape index (κ1) is 17.2. The lowest BCUT2D eigenvalue weighted by Gasteiger charge is -2.07. The number of hydrogen-bond donors (Lipinski definition) is 3. The summed E-state index contributed by atoms with van der Waals surface area (Å²) in [5.74, 6) is -1.58. The molecular weight excluding hydrogens is 318 g/mol. The Balaban J connectivity index is 3.08. The van der Waals surface area contributed by atoms with Crippen LogP contribution in [-0.2, 0) is 14.6 Å². The zero-order valence-electron chi connectivity index (χ0n) is 11.6. The molecule has 1 aromatic rings. The first-order chi connectivity index (χ1) is 9.67. The van der Waals surface area contributed by atoms with Crippen molar-refractivity contribution in [1.29, 1.82) is 0 Å². The van der Waals surface area contributed by atoms with Crippen molar-refractivity contribution in [1.82, 2.24) is 0 Å². The zero-order chi connectivity index (χ0) is 16.2. The molecule has 0 aliphatic carbocycles. The van der Waals surface area contributed by atoms with Crippen LogP contribution in [0, 0.1) is 0 Å². The van der Waals surface area contributed by atoms with E-state index >= 15 is 0 Å². The van der Waals surface area contributed by atoms with Crippen LogP contribution >= 0.6 is 11.3 Å². The summed E-state index contributed by atoms with van der Waals surface area (Å²) >= 11 is 0.893. The van der Waals surface area contributed by atoms with E-state index in [-0.39, 0.29) is 40.0 Å². The molecular formula is C11H17N3O5S2. The van der Waals surface area contributed by atoms with Crippen molar-refractivity contribution >= 4 is 43.7 Å². The van der Waals surface area contributed by atoms with E-state index in [0.29, 0.717) is 0 Å². The van der Waals surface area contributed by atoms with Crippen molar-refractivity contribution in [3.8, 4) is 0 Å². The second-order valence-electron chi connectivity index (χ2n) is 4.19. The van der Waals surface area contributed by atoms with Gasteiger partial charge in [0.25, 0.3) is 5.91 Å². The van der Waals surface area contributed by atoms with Gasteiger partial charge in [-0.15, -0.1) is 11.3 Å². The number of primary amides is 1. The second-order valence-corrected chi connectivity index (χ2v) is 7.47. The van der Waals surface area contributed by atoms with Gasteiger partial charge in [0.05, 0.1) is 18.0 Å². The van der Waals surface area contributed by atoms with Gasteiger partial charge in [-0.25, -0.2) is 13.2 Å². The monoisotopic (exact) mass is 335 g/mol. The minimum absolute atomic E-state index is 0.00384. The number of amides is 1. The molecule has 1 heterocycles. The summed E-state index contributed by atoms with van der Waals surface area (Å²) < 4.78 is 27.1. The van der Waals surface area contributed by atoms with Crippen molar-refractivity contribution in [3.63, 3.8) is 0 Å². The number of esters is 1. The van der Waals surface area contributed by atoms with Gasteiger partial charge in [0.1, 0.15) is 25.3 Å². The Morgan fingerprint density at radius 1 is 1.38 bits per heavy atom. The number of ether oxygens (including phenoxy) is 1. The molecule has 1 aromatic heterocycles. The van der Waals surface area contributed by atoms with Gasteiger partial charge in [-0.05, 0) is 6.92 Å². The molecule has 5 N–H and O–H groups in total. The third-order valence-corrected chi connectivity index (χ3v) is 4.53. The summed E-state index contributed by atoms with van der Waals surface area (Å²) in [6.45, 7) is 1.85. The fraction of sp³-hybridized carbons (Fsp3) is 0.455. The van der Waals surface area contributed by atoms with Crippen molar-refractivity contribution in [3.05, 3.63) is 10.4 Å². The highest BCUT2D eigenvalue weighted by Crippen LogP contribution is 2.35. The number of carbonyl (C=O) groups excluding carboxylic acids is 2. The lowest BCUT2D eigenvalue weighted by molar-refractivity contribution is 0.0529. The Kier molecular flexibility index (Phi) is 5.55. The fourth-order valence-electron chi connectivity index (χ4n) is 1.51. The average Bonchev–Trinajstić information content (AvgIpc) is 2.65. The Bertz CT molecular complexity index is 651. The first-order valence-corrected chi connectivity index (χ1v) is 8.85. The molecule has 10 heteroatoms. The van der Waals surface area contributed by atoms with Gasteiger partial charge in [0.15, 0.2) is 0 Å². The predicted octanol–water partition coefficient (Wildman–Crippen LogP) is 0.0624. The van der Waals surface area contributed by atoms with E-state index in [2.05, 4.69) is 5.32 Å². The highest BCUT2D eigenvalue weighted by atomic mass is 32.2. The van der Waals surface area contributed by atoms with Crippen LogP contribution in [0.15, 0.2) is 0 Å². The quantitative estimate of drug-likeness (QED) is 0.598. The van der Waals surface area contributed by atoms with Gasteiger partial charge < -0.3 is 21.5 Å². The number of hydrogen-bond acceptors (Lipinski definition) is 8. The normalized spacial score (nSPS) is 11.1. The van der Waals surface area contributed by atoms with Gasteiger partial charge in [0.2, 0.25) is 0 Å². The van der Waals surface area contributed by atoms with Crippen molar-refractivity contribution in [2.24, 2.45) is 5.73 Å². The number of nitrogens with one attached hydrogen (secondary N) is 1. The van der Waals surface area contributed by atoms with Crippen LogP contribution in [0.25, 0.3) is 0 Å². The molecule has 0 saturated heterocycles. The van der Waals surface area contributed by atoms with Gasteiger partial charge >= 0.3 is 5.97 Å². The average molecular weight is 335 g/mol. The Hall–Kier alpha value is -1.81. The topological polar surface area (TPSA) is 142 Å². The molecule has 118 valence electrons. The van der Waals surface area contributed by atoms with Crippen LogP contribution in [0.1, 0.15) is 27.0 Å². The SMILES string of the molecule is CCOC(=O)c1c(NCCS(C)(=O)=O)sc(C(N)=O)c1N. The predicted molar refractivity (Wildman–Crippen MR) is 81.4 cm³/mol. The molecule has 0 bridgehead atoms. The summed E-state index contributed by atoms with van der Waals surface area (Å²) in [6.07, 6.45) is 1.10. The zero-order valence-corrected chi connectivity index (χ0v) is 13.3. The molecule has 0 fully saturated rings. The molecule has 0 aromatic carbocycles. The smallest absolute Gasteiger partial charge is 0.343 e. The molecule has 0 saturated carbocycles. The van der Waals surface area contributed by atoms with Gasteiger partial charge in [-0.1, -0.05) is 0 Å². The van der Waals surface area contributed by atoms with Crippen LogP contribution in [0.4, 0.5) is 10.7 Å². The van der Waals surface area contributed by atoms with E-state index in [1.54, 1.807) is 6.92 Å². The third-order valence-electron chi connectivity index (χ3n) is 2.41. The van der Waals surface area contributed by atoms with E-state index in [1.807, 2.05) is 0 Å². The number of sulfone groups is 1. The number of anilines is 2. The van der Waals surface area contributed by atoms with Crippen LogP contribution in [0.3, 0.4) is 0 Å². The maximum absolute atomic E-state index is 11.9. The van der Waals surface area contributed by atoms with E-state index in [9.17, 15) is 18.0 Å². The Morgan fingerprint density at radius 3 is 2.48 bits per heavy atom. The molecule has 0 aliphatic rings. The minimum Gasteiger partial charge on any atom is -0.462 e. The summed E-state index contributed by atoms with van der Waals surface area (Å²) in [6, 6.07) is 0. The summed E-state index contributed by atoms with van der Waals surface area (Å²) in [5.41, 5.74) is 10.9. The van der Waals surface area contributed by atoms with Gasteiger partial charge in [0, 0.05) is 12.8 Å². The largest absolute Gasteiger partial charge is 0.462 e. The molecule has 1 rings (SSSR count). The van der Waals surface area contributed by atoms with Gasteiger partial charge in [-0.3, -0.25) is 4.79 Å². The van der Waals surface area contributed by atoms with E-state index in [4.69, 9.17) is 16.2 Å². The lowest BCUT2D eigenvalue weighted by atomic mass is 10.2. The summed E-state index contributed by atoms with van der Waals surface area (Å²) in [4.78, 5) is 23.2. The highest BCUT2D eigenvalue weighted by Gasteiger charge is 2.25. The fourth-order valence-corrected chi connectivity index (χ4v) is 2.97. The molecule has 8 nitrogen and oxygen atoms in total. The van der Waals surface area contributed by atoms with Gasteiger partial charge in [-0.2, -0.15) is 0 Å². The first-order valence-electron chi connectivity index (χ1n) is 5.98. The number of nitrogen functional groups attached to an aromatic ring is 1. The van der Waals surface area contributed by atoms with Crippen LogP contribution < -0.4 is 16.8 Å². The standard InChI is InChI=1S/C11H17N3O5S2/c1-3-19-11(16)6-7(12)8(9(13)15)20-10(6)14-4-5-21(2,17)18/h14H,3-5,12H2,1-2H3,(H2,13,15).